The Hall–Kier alpha value is -1.86. The van der Waals surface area contributed by atoms with E-state index >= 15 is 0 Å². The summed E-state index contributed by atoms with van der Waals surface area (Å²) >= 11 is 1.73. The van der Waals surface area contributed by atoms with Gasteiger partial charge in [0.15, 0.2) is 0 Å². The first-order valence-corrected chi connectivity index (χ1v) is 9.11. The first kappa shape index (κ1) is 17.0. The number of nitrogens with one attached hydrogen (secondary N) is 1. The van der Waals surface area contributed by atoms with Gasteiger partial charge in [-0.1, -0.05) is 25.1 Å². The van der Waals surface area contributed by atoms with Gasteiger partial charge in [-0.2, -0.15) is 0 Å². The van der Waals surface area contributed by atoms with Crippen LogP contribution >= 0.6 is 11.3 Å². The van der Waals surface area contributed by atoms with E-state index in [0.29, 0.717) is 6.54 Å². The molecule has 3 rings (SSSR count). The van der Waals surface area contributed by atoms with Crippen LogP contribution in [0.1, 0.15) is 24.4 Å². The lowest BCUT2D eigenvalue weighted by atomic mass is 9.91. The summed E-state index contributed by atoms with van der Waals surface area (Å²) in [5.41, 5.74) is 0.893. The number of hydrogen-bond donors (Lipinski definition) is 1. The normalized spacial score (nSPS) is 16.3. The Morgan fingerprint density at radius 1 is 1.33 bits per heavy atom. The number of rotatable bonds is 5. The van der Waals surface area contributed by atoms with E-state index in [-0.39, 0.29) is 11.4 Å². The molecule has 0 unspecified atom stereocenters. The third-order valence-corrected chi connectivity index (χ3v) is 5.64. The minimum Gasteiger partial charge on any atom is -0.364 e. The van der Waals surface area contributed by atoms with Crippen molar-refractivity contribution in [2.75, 3.05) is 32.7 Å². The lowest BCUT2D eigenvalue weighted by Gasteiger charge is -2.35. The molecule has 130 valence electrons. The largest absolute Gasteiger partial charge is 0.364 e. The maximum Gasteiger partial charge on any atom is 0.317 e. The second-order valence-electron chi connectivity index (χ2n) is 6.77. The van der Waals surface area contributed by atoms with Crippen LogP contribution in [-0.4, -0.2) is 53.7 Å². The molecule has 3 heterocycles. The topological polar surface area (TPSA) is 61.6 Å². The van der Waals surface area contributed by atoms with Gasteiger partial charge in [0, 0.05) is 55.6 Å². The summed E-state index contributed by atoms with van der Waals surface area (Å²) in [6.45, 7) is 8.93. The second-order valence-corrected chi connectivity index (χ2v) is 7.72. The molecule has 6 nitrogen and oxygen atoms in total. The molecule has 0 aromatic carbocycles. The summed E-state index contributed by atoms with van der Waals surface area (Å²) in [5.74, 6) is 0. The Morgan fingerprint density at radius 3 is 2.75 bits per heavy atom. The molecule has 7 heteroatoms. The van der Waals surface area contributed by atoms with Crippen LogP contribution in [0.2, 0.25) is 0 Å². The molecule has 24 heavy (non-hydrogen) atoms. The van der Waals surface area contributed by atoms with E-state index in [1.54, 1.807) is 17.6 Å². The number of aromatic nitrogens is 1. The Labute approximate surface area is 146 Å². The van der Waals surface area contributed by atoms with Crippen molar-refractivity contribution in [2.45, 2.75) is 25.8 Å². The third kappa shape index (κ3) is 4.15. The van der Waals surface area contributed by atoms with Gasteiger partial charge in [-0.05, 0) is 11.4 Å². The van der Waals surface area contributed by atoms with Crippen LogP contribution in [0.5, 0.6) is 0 Å². The van der Waals surface area contributed by atoms with Crippen molar-refractivity contribution >= 4 is 17.4 Å². The average molecular weight is 348 g/mol. The van der Waals surface area contributed by atoms with Gasteiger partial charge in [0.2, 0.25) is 0 Å². The molecular weight excluding hydrogens is 324 g/mol. The molecule has 0 aliphatic carbocycles. The molecule has 1 aliphatic rings. The highest BCUT2D eigenvalue weighted by Gasteiger charge is 2.25. The van der Waals surface area contributed by atoms with Crippen molar-refractivity contribution in [3.8, 4) is 0 Å². The summed E-state index contributed by atoms with van der Waals surface area (Å²) in [4.78, 5) is 17.9. The second kappa shape index (κ2) is 7.36. The molecule has 2 aromatic rings. The fourth-order valence-corrected chi connectivity index (χ4v) is 3.67. The number of carbonyl (C=O) groups is 1. The molecule has 2 aromatic heterocycles. The van der Waals surface area contributed by atoms with E-state index < -0.39 is 0 Å². The molecule has 0 spiro atoms. The fourth-order valence-electron chi connectivity index (χ4n) is 2.82. The molecule has 1 aliphatic heterocycles. The first-order chi connectivity index (χ1) is 11.5. The number of urea groups is 1. The Morgan fingerprint density at radius 2 is 2.12 bits per heavy atom. The average Bonchev–Trinajstić information content (AvgIpc) is 3.27. The predicted octanol–water partition coefficient (Wildman–Crippen LogP) is 2.54. The molecule has 0 atom stereocenters. The SMILES string of the molecule is CC(C)(CNC(=O)N1CCN(Cc2ccon2)CC1)c1cccs1. The van der Waals surface area contributed by atoms with Crippen LogP contribution < -0.4 is 5.32 Å². The number of thiophene rings is 1. The van der Waals surface area contributed by atoms with Gasteiger partial charge in [0.25, 0.3) is 0 Å². The molecule has 2 amide bonds. The lowest BCUT2D eigenvalue weighted by Crippen LogP contribution is -2.52. The highest BCUT2D eigenvalue weighted by molar-refractivity contribution is 7.10. The van der Waals surface area contributed by atoms with Crippen molar-refractivity contribution in [2.24, 2.45) is 0 Å². The van der Waals surface area contributed by atoms with Crippen molar-refractivity contribution in [3.63, 3.8) is 0 Å². The van der Waals surface area contributed by atoms with Crippen LogP contribution in [0.4, 0.5) is 4.79 Å². The van der Waals surface area contributed by atoms with Crippen molar-refractivity contribution < 1.29 is 9.32 Å². The summed E-state index contributed by atoms with van der Waals surface area (Å²) < 4.78 is 4.86. The minimum atomic E-state index is -0.0431. The molecular formula is C17H24N4O2S. The van der Waals surface area contributed by atoms with Crippen LogP contribution in [-0.2, 0) is 12.0 Å². The van der Waals surface area contributed by atoms with Gasteiger partial charge in [-0.25, -0.2) is 4.79 Å². The van der Waals surface area contributed by atoms with E-state index in [2.05, 4.69) is 46.7 Å². The monoisotopic (exact) mass is 348 g/mol. The quantitative estimate of drug-likeness (QED) is 0.902. The highest BCUT2D eigenvalue weighted by Crippen LogP contribution is 2.26. The number of carbonyl (C=O) groups excluding carboxylic acids is 1. The zero-order valence-electron chi connectivity index (χ0n) is 14.2. The number of piperazine rings is 1. The Balaban J connectivity index is 1.43. The molecule has 0 radical (unpaired) electrons. The summed E-state index contributed by atoms with van der Waals surface area (Å²) in [6, 6.07) is 6.09. The van der Waals surface area contributed by atoms with Crippen LogP contribution in [0.15, 0.2) is 34.4 Å². The van der Waals surface area contributed by atoms with Gasteiger partial charge in [-0.15, -0.1) is 11.3 Å². The lowest BCUT2D eigenvalue weighted by molar-refractivity contribution is 0.132. The zero-order chi connectivity index (χ0) is 17.0. The third-order valence-electron chi connectivity index (χ3n) is 4.41. The number of nitrogens with zero attached hydrogens (tertiary/aromatic N) is 3. The van der Waals surface area contributed by atoms with Crippen LogP contribution in [0, 0.1) is 0 Å². The van der Waals surface area contributed by atoms with Crippen molar-refractivity contribution in [1.82, 2.24) is 20.3 Å². The van der Waals surface area contributed by atoms with Crippen LogP contribution in [0.3, 0.4) is 0 Å². The number of amides is 2. The highest BCUT2D eigenvalue weighted by atomic mass is 32.1. The maximum absolute atomic E-state index is 12.4. The fraction of sp³-hybridized carbons (Fsp3) is 0.529. The summed E-state index contributed by atoms with van der Waals surface area (Å²) in [5, 5.41) is 9.10. The Kier molecular flexibility index (Phi) is 5.20. The van der Waals surface area contributed by atoms with Gasteiger partial charge < -0.3 is 14.7 Å². The molecule has 1 fully saturated rings. The van der Waals surface area contributed by atoms with Crippen molar-refractivity contribution in [1.29, 1.82) is 0 Å². The Bertz CT molecular complexity index is 632. The van der Waals surface area contributed by atoms with Gasteiger partial charge in [0.1, 0.15) is 6.26 Å². The summed E-state index contributed by atoms with van der Waals surface area (Å²) in [7, 11) is 0. The van der Waals surface area contributed by atoms with Gasteiger partial charge in [0.05, 0.1) is 5.69 Å². The van der Waals surface area contributed by atoms with Gasteiger partial charge in [-0.3, -0.25) is 4.90 Å². The van der Waals surface area contributed by atoms with E-state index in [1.165, 1.54) is 4.88 Å². The van der Waals surface area contributed by atoms with E-state index in [9.17, 15) is 4.79 Å². The predicted molar refractivity (Wildman–Crippen MR) is 94.1 cm³/mol. The van der Waals surface area contributed by atoms with E-state index in [4.69, 9.17) is 4.52 Å². The zero-order valence-corrected chi connectivity index (χ0v) is 15.0. The molecule has 1 saturated heterocycles. The first-order valence-electron chi connectivity index (χ1n) is 8.23. The molecule has 0 bridgehead atoms. The number of hydrogen-bond acceptors (Lipinski definition) is 5. The van der Waals surface area contributed by atoms with Crippen LogP contribution in [0.25, 0.3) is 0 Å². The molecule has 1 N–H and O–H groups in total. The molecule has 0 saturated carbocycles. The standard InChI is InChI=1S/C17H24N4O2S/c1-17(2,15-4-3-11-24-15)13-18-16(22)21-8-6-20(7-9-21)12-14-5-10-23-19-14/h3-5,10-11H,6-9,12-13H2,1-2H3,(H,18,22). The maximum atomic E-state index is 12.4. The van der Waals surface area contributed by atoms with E-state index in [1.807, 2.05) is 11.0 Å². The minimum absolute atomic E-state index is 0.0284. The van der Waals surface area contributed by atoms with E-state index in [0.717, 1.165) is 38.4 Å². The summed E-state index contributed by atoms with van der Waals surface area (Å²) in [6.07, 6.45) is 1.59. The van der Waals surface area contributed by atoms with Crippen molar-refractivity contribution in [3.05, 3.63) is 40.4 Å². The smallest absolute Gasteiger partial charge is 0.317 e. The van der Waals surface area contributed by atoms with Gasteiger partial charge >= 0.3 is 6.03 Å².